The topological polar surface area (TPSA) is 58.0 Å². The molecule has 4 nitrogen and oxygen atoms in total. The molecule has 0 N–H and O–H groups in total. The largest absolute Gasteiger partial charge is 0.545 e. The molecule has 2 aromatic carbocycles. The maximum absolute atomic E-state index is 13.4. The van der Waals surface area contributed by atoms with Gasteiger partial charge in [0.2, 0.25) is 0 Å². The van der Waals surface area contributed by atoms with Gasteiger partial charge in [-0.15, -0.1) is 0 Å². The summed E-state index contributed by atoms with van der Waals surface area (Å²) in [5.41, 5.74) is 2.45. The van der Waals surface area contributed by atoms with E-state index in [9.17, 15) is 18.7 Å². The van der Waals surface area contributed by atoms with Gasteiger partial charge >= 0.3 is 0 Å². The zero-order valence-corrected chi connectivity index (χ0v) is 14.8. The number of carboxylic acid groups (broad SMARTS) is 1. The molecular formula is C21H17F2N2O2-. The predicted molar refractivity (Wildman–Crippen MR) is 97.4 cm³/mol. The minimum atomic E-state index is -1.34. The average Bonchev–Trinajstić information content (AvgIpc) is 3.01. The van der Waals surface area contributed by atoms with Crippen molar-refractivity contribution in [2.75, 3.05) is 0 Å². The molecule has 0 unspecified atom stereocenters. The lowest BCUT2D eigenvalue weighted by Crippen LogP contribution is -2.19. The molecule has 1 aromatic heterocycles. The zero-order chi connectivity index (χ0) is 19.6. The van der Waals surface area contributed by atoms with Crippen molar-refractivity contribution in [3.8, 4) is 22.5 Å². The van der Waals surface area contributed by atoms with E-state index in [0.29, 0.717) is 28.3 Å². The standard InChI is InChI=1S/C21H18F2N2O2/c1-13(2)21-24-19(14-3-7-16(22)8-4-14)20(25(21)12-11-18(26)27)15-5-9-17(23)10-6-15/h3-13H,1-2H3,(H,26,27)/p-1/b12-11+. The first-order chi connectivity index (χ1) is 12.9. The molecule has 0 radical (unpaired) electrons. The van der Waals surface area contributed by atoms with E-state index in [0.717, 1.165) is 6.08 Å². The fraction of sp³-hybridized carbons (Fsp3) is 0.143. The van der Waals surface area contributed by atoms with Gasteiger partial charge in [0.15, 0.2) is 0 Å². The molecule has 6 heteroatoms. The van der Waals surface area contributed by atoms with Crippen molar-refractivity contribution in [2.45, 2.75) is 19.8 Å². The van der Waals surface area contributed by atoms with E-state index in [1.165, 1.54) is 30.5 Å². The molecule has 0 aliphatic carbocycles. The molecule has 138 valence electrons. The number of hydrogen-bond donors (Lipinski definition) is 0. The number of carbonyl (C=O) groups excluding carboxylic acids is 1. The van der Waals surface area contributed by atoms with Crippen LogP contribution in [0.1, 0.15) is 25.6 Å². The first kappa shape index (κ1) is 18.5. The second-order valence-electron chi connectivity index (χ2n) is 6.34. The number of aromatic nitrogens is 2. The van der Waals surface area contributed by atoms with E-state index in [2.05, 4.69) is 4.98 Å². The van der Waals surface area contributed by atoms with Crippen LogP contribution in [-0.2, 0) is 4.79 Å². The molecule has 0 spiro atoms. The Balaban J connectivity index is 2.31. The Morgan fingerprint density at radius 1 is 1.00 bits per heavy atom. The minimum Gasteiger partial charge on any atom is -0.545 e. The van der Waals surface area contributed by atoms with Gasteiger partial charge in [0.1, 0.15) is 17.5 Å². The number of nitrogens with zero attached hydrogens (tertiary/aromatic N) is 2. The molecule has 0 saturated carbocycles. The minimum absolute atomic E-state index is 0.0233. The van der Waals surface area contributed by atoms with Gasteiger partial charge in [0.25, 0.3) is 0 Å². The zero-order valence-electron chi connectivity index (χ0n) is 14.8. The summed E-state index contributed by atoms with van der Waals surface area (Å²) in [6.07, 6.45) is 2.28. The van der Waals surface area contributed by atoms with Crippen LogP contribution in [0.5, 0.6) is 0 Å². The number of halogens is 2. The van der Waals surface area contributed by atoms with Crippen molar-refractivity contribution >= 4 is 12.2 Å². The molecule has 0 amide bonds. The van der Waals surface area contributed by atoms with Crippen molar-refractivity contribution in [3.63, 3.8) is 0 Å². The van der Waals surface area contributed by atoms with Crippen molar-refractivity contribution in [3.05, 3.63) is 72.1 Å². The van der Waals surface area contributed by atoms with Gasteiger partial charge < -0.3 is 14.5 Å². The first-order valence-electron chi connectivity index (χ1n) is 8.40. The molecule has 0 atom stereocenters. The van der Waals surface area contributed by atoms with Gasteiger partial charge in [-0.1, -0.05) is 13.8 Å². The van der Waals surface area contributed by atoms with E-state index in [1.807, 2.05) is 13.8 Å². The third-order valence-electron chi connectivity index (χ3n) is 4.05. The smallest absolute Gasteiger partial charge is 0.123 e. The van der Waals surface area contributed by atoms with Gasteiger partial charge in [-0.05, 0) is 54.6 Å². The Morgan fingerprint density at radius 3 is 2.00 bits per heavy atom. The van der Waals surface area contributed by atoms with Crippen molar-refractivity contribution in [1.29, 1.82) is 0 Å². The van der Waals surface area contributed by atoms with Gasteiger partial charge in [0.05, 0.1) is 17.4 Å². The van der Waals surface area contributed by atoms with Gasteiger partial charge in [-0.25, -0.2) is 13.8 Å². The lowest BCUT2D eigenvalue weighted by atomic mass is 10.0. The Labute approximate surface area is 155 Å². The van der Waals surface area contributed by atoms with Crippen molar-refractivity contribution in [1.82, 2.24) is 9.55 Å². The van der Waals surface area contributed by atoms with E-state index in [-0.39, 0.29) is 17.6 Å². The van der Waals surface area contributed by atoms with Crippen LogP contribution in [0, 0.1) is 11.6 Å². The molecule has 0 saturated heterocycles. The highest BCUT2D eigenvalue weighted by Crippen LogP contribution is 2.35. The van der Waals surface area contributed by atoms with Crippen LogP contribution in [0.3, 0.4) is 0 Å². The van der Waals surface area contributed by atoms with Crippen molar-refractivity contribution in [2.24, 2.45) is 0 Å². The fourth-order valence-corrected chi connectivity index (χ4v) is 2.84. The highest BCUT2D eigenvalue weighted by Gasteiger charge is 2.20. The van der Waals surface area contributed by atoms with E-state index in [1.54, 1.807) is 28.8 Å². The summed E-state index contributed by atoms with van der Waals surface area (Å²) >= 11 is 0. The fourth-order valence-electron chi connectivity index (χ4n) is 2.84. The number of rotatable bonds is 5. The monoisotopic (exact) mass is 367 g/mol. The molecule has 3 aromatic rings. The molecule has 0 aliphatic heterocycles. The Kier molecular flexibility index (Phi) is 5.16. The van der Waals surface area contributed by atoms with Crippen LogP contribution < -0.4 is 5.11 Å². The lowest BCUT2D eigenvalue weighted by Gasteiger charge is -2.11. The van der Waals surface area contributed by atoms with Crippen LogP contribution >= 0.6 is 0 Å². The summed E-state index contributed by atoms with van der Waals surface area (Å²) in [6.45, 7) is 3.85. The highest BCUT2D eigenvalue weighted by atomic mass is 19.1. The van der Waals surface area contributed by atoms with Gasteiger partial charge in [-0.2, -0.15) is 0 Å². The number of carbonyl (C=O) groups is 1. The second kappa shape index (κ2) is 7.53. The molecule has 3 rings (SSSR count). The summed E-state index contributed by atoms with van der Waals surface area (Å²) in [4.78, 5) is 15.6. The van der Waals surface area contributed by atoms with E-state index in [4.69, 9.17) is 0 Å². The Bertz CT molecular complexity index is 988. The number of hydrogen-bond acceptors (Lipinski definition) is 3. The Morgan fingerprint density at radius 2 is 1.52 bits per heavy atom. The average molecular weight is 367 g/mol. The third kappa shape index (κ3) is 3.95. The lowest BCUT2D eigenvalue weighted by molar-refractivity contribution is -0.297. The summed E-state index contributed by atoms with van der Waals surface area (Å²) < 4.78 is 28.4. The second-order valence-corrected chi connectivity index (χ2v) is 6.34. The summed E-state index contributed by atoms with van der Waals surface area (Å²) in [7, 11) is 0. The maximum atomic E-state index is 13.4. The number of aliphatic carboxylic acids is 1. The molecule has 1 heterocycles. The van der Waals surface area contributed by atoms with Gasteiger partial charge in [-0.3, -0.25) is 0 Å². The van der Waals surface area contributed by atoms with E-state index < -0.39 is 5.97 Å². The SMILES string of the molecule is CC(C)c1nc(-c2ccc(F)cc2)c(-c2ccc(F)cc2)n1/C=C/C(=O)[O-]. The number of imidazole rings is 1. The van der Waals surface area contributed by atoms with Crippen LogP contribution in [0.2, 0.25) is 0 Å². The maximum Gasteiger partial charge on any atom is 0.123 e. The van der Waals surface area contributed by atoms with E-state index >= 15 is 0 Å². The number of benzene rings is 2. The first-order valence-corrected chi connectivity index (χ1v) is 8.40. The molecule has 27 heavy (non-hydrogen) atoms. The normalized spacial score (nSPS) is 11.4. The predicted octanol–water partition coefficient (Wildman–Crippen LogP) is 3.84. The third-order valence-corrected chi connectivity index (χ3v) is 4.05. The molecule has 0 fully saturated rings. The quantitative estimate of drug-likeness (QED) is 0.644. The van der Waals surface area contributed by atoms with Crippen LogP contribution in [0.15, 0.2) is 54.6 Å². The van der Waals surface area contributed by atoms with Gasteiger partial charge in [0, 0.05) is 23.2 Å². The summed E-state index contributed by atoms with van der Waals surface area (Å²) in [5.74, 6) is -1.51. The van der Waals surface area contributed by atoms with Crippen LogP contribution in [-0.4, -0.2) is 15.5 Å². The van der Waals surface area contributed by atoms with Crippen molar-refractivity contribution < 1.29 is 18.7 Å². The molecule has 0 aliphatic rings. The van der Waals surface area contributed by atoms with Crippen LogP contribution in [0.25, 0.3) is 28.7 Å². The molecular weight excluding hydrogens is 350 g/mol. The highest BCUT2D eigenvalue weighted by molar-refractivity contribution is 5.84. The summed E-state index contributed by atoms with van der Waals surface area (Å²) in [5, 5.41) is 10.9. The molecule has 0 bridgehead atoms. The number of carboxylic acids is 1. The summed E-state index contributed by atoms with van der Waals surface area (Å²) in [6, 6.07) is 11.7. The Hall–Kier alpha value is -3.28. The van der Waals surface area contributed by atoms with Crippen LogP contribution in [0.4, 0.5) is 8.78 Å².